The molecule has 1 aliphatic heterocycles. The lowest BCUT2D eigenvalue weighted by Crippen LogP contribution is -2.39. The van der Waals surface area contributed by atoms with E-state index in [4.69, 9.17) is 5.73 Å². The van der Waals surface area contributed by atoms with E-state index in [0.717, 1.165) is 0 Å². The first-order valence-corrected chi connectivity index (χ1v) is 6.81. The van der Waals surface area contributed by atoms with E-state index in [0.29, 0.717) is 26.1 Å². The van der Waals surface area contributed by atoms with Crippen LogP contribution in [0.2, 0.25) is 0 Å². The molecular weight excluding hydrogens is 260 g/mol. The monoisotopic (exact) mass is 282 g/mol. The summed E-state index contributed by atoms with van der Waals surface area (Å²) in [6, 6.07) is 0. The van der Waals surface area contributed by atoms with Gasteiger partial charge in [-0.15, -0.1) is 0 Å². The summed E-state index contributed by atoms with van der Waals surface area (Å²) < 4.78 is 1.38. The first-order chi connectivity index (χ1) is 9.21. The molecule has 7 heteroatoms. The first kappa shape index (κ1) is 14.6. The molecule has 4 N–H and O–H groups in total. The molecule has 0 aliphatic carbocycles. The lowest BCUT2D eigenvalue weighted by atomic mass is 10.1. The number of anilines is 2. The molecule has 0 amide bonds. The van der Waals surface area contributed by atoms with E-state index in [-0.39, 0.29) is 17.4 Å². The highest BCUT2D eigenvalue weighted by atomic mass is 16.3. The lowest BCUT2D eigenvalue weighted by molar-refractivity contribution is 0.0839. The zero-order chi connectivity index (χ0) is 15.1. The Kier molecular flexibility index (Phi) is 3.64. The number of hydrogen-bond acceptors (Lipinski definition) is 5. The fourth-order valence-electron chi connectivity index (χ4n) is 2.57. The van der Waals surface area contributed by atoms with Gasteiger partial charge >= 0.3 is 5.69 Å². The highest BCUT2D eigenvalue weighted by molar-refractivity contribution is 5.63. The number of nitrogens with zero attached hydrogens (tertiary/aromatic N) is 2. The molecule has 0 radical (unpaired) electrons. The van der Waals surface area contributed by atoms with Gasteiger partial charge in [0.05, 0.1) is 5.60 Å². The van der Waals surface area contributed by atoms with Crippen molar-refractivity contribution in [2.75, 3.05) is 23.7 Å². The van der Waals surface area contributed by atoms with Crippen LogP contribution in [0.25, 0.3) is 0 Å². The maximum atomic E-state index is 12.0. The quantitative estimate of drug-likeness (QED) is 0.708. The number of nitrogen functional groups attached to an aromatic ring is 1. The zero-order valence-electron chi connectivity index (χ0n) is 12.1. The van der Waals surface area contributed by atoms with Crippen LogP contribution in [0.5, 0.6) is 0 Å². The first-order valence-electron chi connectivity index (χ1n) is 6.81. The molecule has 20 heavy (non-hydrogen) atoms. The van der Waals surface area contributed by atoms with Crippen molar-refractivity contribution >= 4 is 11.5 Å². The van der Waals surface area contributed by atoms with E-state index in [1.807, 2.05) is 13.8 Å². The Morgan fingerprint density at radius 3 is 2.60 bits per heavy atom. The van der Waals surface area contributed by atoms with Crippen molar-refractivity contribution in [1.82, 2.24) is 9.55 Å². The minimum atomic E-state index is -0.835. The summed E-state index contributed by atoms with van der Waals surface area (Å²) in [5, 5.41) is 10.0. The number of β-amino-alcohol motifs (C(OH)–C–C–N with tert-alkyl or cyclic N) is 1. The third kappa shape index (κ3) is 2.72. The molecule has 0 bridgehead atoms. The number of H-pyrrole nitrogens is 1. The van der Waals surface area contributed by atoms with Crippen LogP contribution >= 0.6 is 0 Å². The van der Waals surface area contributed by atoms with Gasteiger partial charge in [0, 0.05) is 19.6 Å². The molecule has 1 fully saturated rings. The second-order valence-corrected chi connectivity index (χ2v) is 6.17. The van der Waals surface area contributed by atoms with E-state index < -0.39 is 16.9 Å². The van der Waals surface area contributed by atoms with E-state index in [1.54, 1.807) is 11.8 Å². The summed E-state index contributed by atoms with van der Waals surface area (Å²) in [5.74, 6) is 0.403. The molecule has 1 aromatic rings. The van der Waals surface area contributed by atoms with Crippen molar-refractivity contribution < 1.29 is 5.11 Å². The highest BCUT2D eigenvalue weighted by Crippen LogP contribution is 2.27. The number of aromatic nitrogens is 2. The number of aromatic amines is 1. The van der Waals surface area contributed by atoms with Crippen LogP contribution in [-0.4, -0.2) is 33.3 Å². The maximum absolute atomic E-state index is 12.0. The summed E-state index contributed by atoms with van der Waals surface area (Å²) in [5.41, 5.74) is 4.48. The van der Waals surface area contributed by atoms with Gasteiger partial charge < -0.3 is 15.7 Å². The number of nitrogens with two attached hydrogens (primary N) is 1. The van der Waals surface area contributed by atoms with Crippen molar-refractivity contribution in [3.8, 4) is 0 Å². The molecule has 112 valence electrons. The minimum Gasteiger partial charge on any atom is -0.388 e. The van der Waals surface area contributed by atoms with Gasteiger partial charge in [-0.25, -0.2) is 4.79 Å². The fraction of sp³-hybridized carbons (Fsp3) is 0.692. The van der Waals surface area contributed by atoms with Crippen LogP contribution in [0.4, 0.5) is 11.5 Å². The van der Waals surface area contributed by atoms with Gasteiger partial charge in [-0.2, -0.15) is 0 Å². The predicted octanol–water partition coefficient (Wildman–Crippen LogP) is -0.264. The molecule has 1 atom stereocenters. The molecule has 0 aromatic carbocycles. The molecule has 7 nitrogen and oxygen atoms in total. The molecule has 1 unspecified atom stereocenters. The Morgan fingerprint density at radius 2 is 2.10 bits per heavy atom. The van der Waals surface area contributed by atoms with Crippen molar-refractivity contribution in [2.45, 2.75) is 39.3 Å². The molecular formula is C13H22N4O3. The predicted molar refractivity (Wildman–Crippen MR) is 78.0 cm³/mol. The normalized spacial score (nSPS) is 22.8. The minimum absolute atomic E-state index is 0.171. The van der Waals surface area contributed by atoms with Gasteiger partial charge in [0.2, 0.25) is 0 Å². The van der Waals surface area contributed by atoms with Crippen LogP contribution < -0.4 is 21.9 Å². The lowest BCUT2D eigenvalue weighted by Gasteiger charge is -2.23. The summed E-state index contributed by atoms with van der Waals surface area (Å²) in [4.78, 5) is 27.9. The molecule has 0 spiro atoms. The van der Waals surface area contributed by atoms with Crippen molar-refractivity contribution in [3.05, 3.63) is 20.8 Å². The Bertz CT molecular complexity index is 615. The van der Waals surface area contributed by atoms with Gasteiger partial charge in [-0.05, 0) is 19.3 Å². The molecule has 2 rings (SSSR count). The van der Waals surface area contributed by atoms with E-state index in [2.05, 4.69) is 4.98 Å². The summed E-state index contributed by atoms with van der Waals surface area (Å²) >= 11 is 0. The Hall–Kier alpha value is -1.76. The van der Waals surface area contributed by atoms with E-state index in [1.165, 1.54) is 4.57 Å². The molecule has 1 aromatic heterocycles. The van der Waals surface area contributed by atoms with E-state index >= 15 is 0 Å². The average molecular weight is 282 g/mol. The molecule has 1 aliphatic rings. The standard InChI is InChI=1S/C13H22N4O3/c1-8(2)6-17-10(14)9(11(18)15-12(17)19)16-5-4-13(3,20)7-16/h8,20H,4-7,14H2,1-3H3,(H,15,18,19). The highest BCUT2D eigenvalue weighted by Gasteiger charge is 2.34. The van der Waals surface area contributed by atoms with Crippen LogP contribution in [0, 0.1) is 5.92 Å². The molecule has 2 heterocycles. The number of aliphatic hydroxyl groups is 1. The summed E-state index contributed by atoms with van der Waals surface area (Å²) in [6.45, 7) is 6.98. The Balaban J connectivity index is 2.49. The van der Waals surface area contributed by atoms with Gasteiger partial charge in [0.15, 0.2) is 0 Å². The smallest absolute Gasteiger partial charge is 0.330 e. The van der Waals surface area contributed by atoms with Crippen molar-refractivity contribution in [1.29, 1.82) is 0 Å². The maximum Gasteiger partial charge on any atom is 0.330 e. The third-order valence-corrected chi connectivity index (χ3v) is 3.53. The number of nitrogens with one attached hydrogen (secondary N) is 1. The summed E-state index contributed by atoms with van der Waals surface area (Å²) in [7, 11) is 0. The van der Waals surface area contributed by atoms with Crippen molar-refractivity contribution in [3.63, 3.8) is 0 Å². The largest absolute Gasteiger partial charge is 0.388 e. The second kappa shape index (κ2) is 4.97. The average Bonchev–Trinajstić information content (AvgIpc) is 2.64. The van der Waals surface area contributed by atoms with Gasteiger partial charge in [0.25, 0.3) is 5.56 Å². The van der Waals surface area contributed by atoms with Crippen LogP contribution in [0.15, 0.2) is 9.59 Å². The van der Waals surface area contributed by atoms with Crippen LogP contribution in [0.1, 0.15) is 27.2 Å². The fourth-order valence-corrected chi connectivity index (χ4v) is 2.57. The van der Waals surface area contributed by atoms with Crippen molar-refractivity contribution in [2.24, 2.45) is 5.92 Å². The van der Waals surface area contributed by atoms with E-state index in [9.17, 15) is 14.7 Å². The molecule has 0 saturated carbocycles. The Labute approximate surface area is 117 Å². The third-order valence-electron chi connectivity index (χ3n) is 3.53. The van der Waals surface area contributed by atoms with Crippen LogP contribution in [-0.2, 0) is 6.54 Å². The van der Waals surface area contributed by atoms with Crippen LogP contribution in [0.3, 0.4) is 0 Å². The SMILES string of the molecule is CC(C)Cn1c(N)c(N2CCC(C)(O)C2)c(=O)[nH]c1=O. The zero-order valence-corrected chi connectivity index (χ0v) is 12.1. The second-order valence-electron chi connectivity index (χ2n) is 6.17. The topological polar surface area (TPSA) is 104 Å². The molecule has 1 saturated heterocycles. The number of hydrogen-bond donors (Lipinski definition) is 3. The Morgan fingerprint density at radius 1 is 1.45 bits per heavy atom. The summed E-state index contributed by atoms with van der Waals surface area (Å²) in [6.07, 6.45) is 0.565. The van der Waals surface area contributed by atoms with Gasteiger partial charge in [-0.1, -0.05) is 13.8 Å². The van der Waals surface area contributed by atoms with Gasteiger partial charge in [-0.3, -0.25) is 14.3 Å². The number of rotatable bonds is 3. The van der Waals surface area contributed by atoms with Gasteiger partial charge in [0.1, 0.15) is 11.5 Å².